The summed E-state index contributed by atoms with van der Waals surface area (Å²) in [6, 6.07) is 5.61. The molecule has 1 aromatic carbocycles. The van der Waals surface area contributed by atoms with Crippen LogP contribution in [0.15, 0.2) is 18.2 Å². The molecule has 1 unspecified atom stereocenters. The van der Waals surface area contributed by atoms with Crippen molar-refractivity contribution < 1.29 is 19.0 Å². The number of hydrogen-bond donors (Lipinski definition) is 1. The van der Waals surface area contributed by atoms with Crippen LogP contribution in [0.2, 0.25) is 0 Å². The smallest absolute Gasteiger partial charge is 0.229 e. The molecular weight excluding hydrogens is 386 g/mol. The lowest BCUT2D eigenvalue weighted by atomic mass is 10.1. The lowest BCUT2D eigenvalue weighted by Gasteiger charge is -2.18. The number of methoxy groups -OCH3 is 3. The molecule has 2 heterocycles. The number of nitrogens with zero attached hydrogens (tertiary/aromatic N) is 4. The molecule has 1 aliphatic heterocycles. The van der Waals surface area contributed by atoms with Gasteiger partial charge in [0.1, 0.15) is 23.0 Å². The van der Waals surface area contributed by atoms with E-state index in [9.17, 15) is 4.79 Å². The Kier molecular flexibility index (Phi) is 8.05. The van der Waals surface area contributed by atoms with Crippen LogP contribution in [0, 0.1) is 0 Å². The summed E-state index contributed by atoms with van der Waals surface area (Å²) in [4.78, 5) is 12.8. The first-order chi connectivity index (χ1) is 14.3. The molecule has 1 aromatic heterocycles. The van der Waals surface area contributed by atoms with Crippen LogP contribution in [-0.4, -0.2) is 73.1 Å². The number of carbonyl (C=O) groups is 1. The third kappa shape index (κ3) is 5.41. The molecule has 30 heavy (non-hydrogen) atoms. The van der Waals surface area contributed by atoms with E-state index in [4.69, 9.17) is 14.2 Å². The number of hydrogen-bond acceptors (Lipinski definition) is 7. The van der Waals surface area contributed by atoms with Crippen molar-refractivity contribution in [3.05, 3.63) is 24.0 Å². The Bertz CT molecular complexity index is 809. The largest absolute Gasteiger partial charge is 0.494 e. The Morgan fingerprint density at radius 3 is 2.17 bits per heavy atom. The third-order valence-electron chi connectivity index (χ3n) is 4.88. The molecule has 9 nitrogen and oxygen atoms in total. The van der Waals surface area contributed by atoms with Crippen molar-refractivity contribution in [1.82, 2.24) is 19.7 Å². The van der Waals surface area contributed by atoms with Crippen LogP contribution in [0.25, 0.3) is 5.69 Å². The minimum atomic E-state index is 0.0417. The van der Waals surface area contributed by atoms with Gasteiger partial charge in [0.05, 0.1) is 19.8 Å². The molecule has 0 bridgehead atoms. The Balaban J connectivity index is 0.000000469. The zero-order valence-corrected chi connectivity index (χ0v) is 18.9. The van der Waals surface area contributed by atoms with Crippen LogP contribution in [0.1, 0.15) is 38.9 Å². The number of benzene rings is 1. The molecule has 1 atom stereocenters. The van der Waals surface area contributed by atoms with Gasteiger partial charge >= 0.3 is 0 Å². The molecule has 1 amide bonds. The van der Waals surface area contributed by atoms with E-state index in [2.05, 4.69) is 15.5 Å². The SMILES string of the molecule is CNc1nnc(C2CCN(C=O)C2)n1-c1c(OC)cccc1OC.COC(C)(C)C. The van der Waals surface area contributed by atoms with E-state index in [1.165, 1.54) is 0 Å². The highest BCUT2D eigenvalue weighted by molar-refractivity contribution is 5.61. The van der Waals surface area contributed by atoms with E-state index >= 15 is 0 Å². The number of para-hydroxylation sites is 1. The van der Waals surface area contributed by atoms with E-state index in [1.807, 2.05) is 43.5 Å². The predicted molar refractivity (Wildman–Crippen MR) is 116 cm³/mol. The van der Waals surface area contributed by atoms with Crippen molar-refractivity contribution in [2.24, 2.45) is 0 Å². The number of rotatable bonds is 6. The summed E-state index contributed by atoms with van der Waals surface area (Å²) in [7, 11) is 6.73. The summed E-state index contributed by atoms with van der Waals surface area (Å²) in [6.07, 6.45) is 1.72. The number of nitrogens with one attached hydrogen (secondary N) is 1. The van der Waals surface area contributed by atoms with Crippen LogP contribution in [0.3, 0.4) is 0 Å². The van der Waals surface area contributed by atoms with Crippen LogP contribution >= 0.6 is 0 Å². The molecule has 1 fully saturated rings. The fraction of sp³-hybridized carbons (Fsp3) is 0.571. The van der Waals surface area contributed by atoms with Crippen molar-refractivity contribution in [2.75, 3.05) is 46.8 Å². The summed E-state index contributed by atoms with van der Waals surface area (Å²) in [5.74, 6) is 2.82. The second-order valence-electron chi connectivity index (χ2n) is 7.88. The van der Waals surface area contributed by atoms with Gasteiger partial charge < -0.3 is 24.4 Å². The van der Waals surface area contributed by atoms with Gasteiger partial charge in [-0.25, -0.2) is 0 Å². The van der Waals surface area contributed by atoms with Gasteiger partial charge in [0, 0.05) is 33.2 Å². The van der Waals surface area contributed by atoms with Crippen molar-refractivity contribution in [2.45, 2.75) is 38.7 Å². The fourth-order valence-electron chi connectivity index (χ4n) is 3.09. The molecule has 1 saturated heterocycles. The monoisotopic (exact) mass is 419 g/mol. The molecule has 0 aliphatic carbocycles. The van der Waals surface area contributed by atoms with Gasteiger partial charge in [0.15, 0.2) is 0 Å². The highest BCUT2D eigenvalue weighted by Gasteiger charge is 2.30. The first-order valence-electron chi connectivity index (χ1n) is 9.88. The standard InChI is InChI=1S/C16H21N5O3.C5H12O/c1-17-16-19-18-15(11-7-8-20(9-11)10-22)21(16)14-12(23-2)5-4-6-13(14)24-3;1-5(2,3)6-4/h4-6,10-11H,7-9H2,1-3H3,(H,17,19);1-4H3. The zero-order chi connectivity index (χ0) is 22.3. The maximum absolute atomic E-state index is 11.0. The zero-order valence-electron chi connectivity index (χ0n) is 18.9. The van der Waals surface area contributed by atoms with E-state index in [-0.39, 0.29) is 11.5 Å². The summed E-state index contributed by atoms with van der Waals surface area (Å²) in [6.45, 7) is 7.41. The second kappa shape index (κ2) is 10.3. The topological polar surface area (TPSA) is 90.7 Å². The quantitative estimate of drug-likeness (QED) is 0.720. The van der Waals surface area contributed by atoms with Gasteiger partial charge in [-0.1, -0.05) is 6.07 Å². The summed E-state index contributed by atoms with van der Waals surface area (Å²) in [5.41, 5.74) is 0.788. The van der Waals surface area contributed by atoms with E-state index in [1.54, 1.807) is 33.3 Å². The van der Waals surface area contributed by atoms with Crippen LogP contribution < -0.4 is 14.8 Å². The number of anilines is 1. The molecule has 1 aliphatic rings. The summed E-state index contributed by atoms with van der Waals surface area (Å²) >= 11 is 0. The molecule has 0 saturated carbocycles. The Morgan fingerprint density at radius 2 is 1.73 bits per heavy atom. The average Bonchev–Trinajstić information content (AvgIpc) is 3.39. The normalized spacial score (nSPS) is 16.0. The van der Waals surface area contributed by atoms with E-state index in [0.29, 0.717) is 24.0 Å². The molecule has 3 rings (SSSR count). The van der Waals surface area contributed by atoms with E-state index < -0.39 is 0 Å². The van der Waals surface area contributed by atoms with E-state index in [0.717, 1.165) is 30.9 Å². The highest BCUT2D eigenvalue weighted by Crippen LogP contribution is 2.37. The number of ether oxygens (including phenoxy) is 3. The summed E-state index contributed by atoms with van der Waals surface area (Å²) in [5, 5.41) is 11.7. The molecular formula is C21H33N5O4. The first-order valence-corrected chi connectivity index (χ1v) is 9.88. The van der Waals surface area contributed by atoms with Gasteiger partial charge in [-0.15, -0.1) is 10.2 Å². The van der Waals surface area contributed by atoms with Crippen LogP contribution in [0.5, 0.6) is 11.5 Å². The van der Waals surface area contributed by atoms with Gasteiger partial charge in [0.25, 0.3) is 0 Å². The maximum atomic E-state index is 11.0. The Hall–Kier alpha value is -2.81. The molecule has 0 spiro atoms. The second-order valence-corrected chi connectivity index (χ2v) is 7.88. The van der Waals surface area contributed by atoms with Crippen LogP contribution in [0.4, 0.5) is 5.95 Å². The fourth-order valence-corrected chi connectivity index (χ4v) is 3.09. The van der Waals surface area contributed by atoms with Crippen molar-refractivity contribution >= 4 is 12.4 Å². The molecule has 166 valence electrons. The minimum Gasteiger partial charge on any atom is -0.494 e. The molecule has 9 heteroatoms. The number of aromatic nitrogens is 3. The van der Waals surface area contributed by atoms with Gasteiger partial charge in [-0.3, -0.25) is 9.36 Å². The van der Waals surface area contributed by atoms with Gasteiger partial charge in [-0.05, 0) is 39.3 Å². The Morgan fingerprint density at radius 1 is 1.13 bits per heavy atom. The van der Waals surface area contributed by atoms with Gasteiger partial charge in [-0.2, -0.15) is 0 Å². The highest BCUT2D eigenvalue weighted by atomic mass is 16.5. The molecule has 0 radical (unpaired) electrons. The summed E-state index contributed by atoms with van der Waals surface area (Å²) < 4.78 is 17.9. The van der Waals surface area contributed by atoms with Crippen molar-refractivity contribution in [3.63, 3.8) is 0 Å². The van der Waals surface area contributed by atoms with Crippen molar-refractivity contribution in [1.29, 1.82) is 0 Å². The van der Waals surface area contributed by atoms with Crippen LogP contribution in [-0.2, 0) is 9.53 Å². The number of likely N-dealkylation sites (tertiary alicyclic amines) is 1. The Labute approximate surface area is 178 Å². The molecule has 2 aromatic rings. The van der Waals surface area contributed by atoms with Crippen molar-refractivity contribution in [3.8, 4) is 17.2 Å². The third-order valence-corrected chi connectivity index (χ3v) is 4.88. The maximum Gasteiger partial charge on any atom is 0.229 e. The molecule has 1 N–H and O–H groups in total. The first kappa shape index (κ1) is 23.5. The average molecular weight is 420 g/mol. The lowest BCUT2D eigenvalue weighted by Crippen LogP contribution is -2.19. The number of carbonyl (C=O) groups excluding carboxylic acids is 1. The minimum absolute atomic E-state index is 0.0417. The lowest BCUT2D eigenvalue weighted by molar-refractivity contribution is -0.117. The van der Waals surface area contributed by atoms with Gasteiger partial charge in [0.2, 0.25) is 12.4 Å². The number of amides is 1. The predicted octanol–water partition coefficient (Wildman–Crippen LogP) is 2.70.